The first-order valence-corrected chi connectivity index (χ1v) is 14.3. The van der Waals surface area contributed by atoms with Crippen LogP contribution < -0.4 is 10.4 Å². The Labute approximate surface area is 261 Å². The number of ether oxygens (including phenoxy) is 1. The molecule has 2 heterocycles. The largest absolute Gasteiger partial charge is 0.508 e. The predicted molar refractivity (Wildman–Crippen MR) is 155 cm³/mol. The molecule has 3 aromatic carbocycles. The second-order valence-electron chi connectivity index (χ2n) is 11.1. The molecule has 1 aliphatic heterocycles. The van der Waals surface area contributed by atoms with Gasteiger partial charge in [0.25, 0.3) is 0 Å². The monoisotopic (exact) mass is 611 g/mol. The third-order valence-electron chi connectivity index (χ3n) is 8.48. The molecular weight excluding hydrogens is 575 g/mol. The van der Waals surface area contributed by atoms with Gasteiger partial charge in [0.15, 0.2) is 0 Å². The topological polar surface area (TPSA) is 62.9 Å². The molecule has 0 atom stereocenters. The molecule has 5 nitrogen and oxygen atoms in total. The van der Waals surface area contributed by atoms with Gasteiger partial charge in [0, 0.05) is 55.8 Å². The van der Waals surface area contributed by atoms with Crippen molar-refractivity contribution in [1.82, 2.24) is 4.90 Å². The SMILES string of the molecule is Cc1c[c-]ccc1-c1c(Cc2ccc(OCCN3CCCC3)cc2)c2ccc(O)c(C3CCCC3)c2oc1=O.[Y]. The van der Waals surface area contributed by atoms with E-state index >= 15 is 0 Å². The standard InChI is InChI=1S/C34H36NO4.Y/c1-23-8-2-5-11-27(23)32-29(22-24-12-14-26(15-13-24)38-21-20-35-18-6-7-19-35)28-16-17-30(36)31(25-9-3-4-10-25)33(28)39-34(32)37;/h5,8,11-17,25,36H,3-4,6-7,9-10,18-22H2,1H3;/q-1;. The Kier molecular flexibility index (Phi) is 9.45. The summed E-state index contributed by atoms with van der Waals surface area (Å²) in [5, 5.41) is 11.7. The maximum absolute atomic E-state index is 13.7. The summed E-state index contributed by atoms with van der Waals surface area (Å²) < 4.78 is 12.1. The Balaban J connectivity index is 0.00000323. The first-order valence-electron chi connectivity index (χ1n) is 14.3. The fourth-order valence-corrected chi connectivity index (χ4v) is 6.40. The summed E-state index contributed by atoms with van der Waals surface area (Å²) in [5.41, 5.74) is 5.39. The molecule has 1 aliphatic carbocycles. The van der Waals surface area contributed by atoms with Crippen LogP contribution in [0.1, 0.15) is 66.7 Å². The average molecular weight is 612 g/mol. The minimum absolute atomic E-state index is 0. The van der Waals surface area contributed by atoms with Crippen molar-refractivity contribution < 1.29 is 47.0 Å². The van der Waals surface area contributed by atoms with Gasteiger partial charge in [0.05, 0.1) is 0 Å². The van der Waals surface area contributed by atoms with E-state index in [1.165, 1.54) is 25.9 Å². The minimum Gasteiger partial charge on any atom is -0.508 e. The van der Waals surface area contributed by atoms with E-state index in [2.05, 4.69) is 23.1 Å². The summed E-state index contributed by atoms with van der Waals surface area (Å²) in [6.45, 7) is 5.98. The maximum atomic E-state index is 13.7. The Hall–Kier alpha value is -2.47. The van der Waals surface area contributed by atoms with Crippen molar-refractivity contribution in [3.05, 3.63) is 93.3 Å². The van der Waals surface area contributed by atoms with Gasteiger partial charge in [0.2, 0.25) is 0 Å². The molecule has 1 N–H and O–H groups in total. The molecule has 0 unspecified atom stereocenters. The summed E-state index contributed by atoms with van der Waals surface area (Å²) in [5.74, 6) is 1.29. The Bertz CT molecular complexity index is 1520. The van der Waals surface area contributed by atoms with Crippen molar-refractivity contribution in [3.63, 3.8) is 0 Å². The van der Waals surface area contributed by atoms with Crippen LogP contribution in [-0.4, -0.2) is 36.2 Å². The summed E-state index contributed by atoms with van der Waals surface area (Å²) in [7, 11) is 0. The van der Waals surface area contributed by atoms with E-state index in [4.69, 9.17) is 9.15 Å². The summed E-state index contributed by atoms with van der Waals surface area (Å²) in [4.78, 5) is 16.1. The normalized spacial score (nSPS) is 15.9. The molecule has 6 heteroatoms. The van der Waals surface area contributed by atoms with Crippen molar-refractivity contribution in [2.75, 3.05) is 26.2 Å². The van der Waals surface area contributed by atoms with Crippen LogP contribution in [0, 0.1) is 13.0 Å². The molecule has 40 heavy (non-hydrogen) atoms. The number of aromatic hydroxyl groups is 1. The van der Waals surface area contributed by atoms with Gasteiger partial charge in [-0.05, 0) is 86.5 Å². The number of nitrogens with zero attached hydrogens (tertiary/aromatic N) is 1. The number of benzene rings is 3. The number of likely N-dealkylation sites (tertiary alicyclic amines) is 1. The Morgan fingerprint density at radius 1 is 1.02 bits per heavy atom. The van der Waals surface area contributed by atoms with Crippen LogP contribution in [0.3, 0.4) is 0 Å². The third-order valence-corrected chi connectivity index (χ3v) is 8.48. The second-order valence-corrected chi connectivity index (χ2v) is 11.1. The van der Waals surface area contributed by atoms with Gasteiger partial charge in [0.1, 0.15) is 23.7 Å². The van der Waals surface area contributed by atoms with E-state index in [0.29, 0.717) is 24.2 Å². The zero-order chi connectivity index (χ0) is 26.8. The van der Waals surface area contributed by atoms with Gasteiger partial charge in [-0.3, -0.25) is 4.90 Å². The van der Waals surface area contributed by atoms with Crippen molar-refractivity contribution >= 4 is 11.0 Å². The van der Waals surface area contributed by atoms with E-state index < -0.39 is 0 Å². The number of rotatable bonds is 8. The second kappa shape index (κ2) is 13.0. The Morgan fingerprint density at radius 3 is 2.50 bits per heavy atom. The average Bonchev–Trinajstić information content (AvgIpc) is 3.65. The van der Waals surface area contributed by atoms with Gasteiger partial charge in [-0.25, -0.2) is 4.79 Å². The molecule has 2 fully saturated rings. The molecule has 1 saturated carbocycles. The van der Waals surface area contributed by atoms with E-state index in [1.807, 2.05) is 43.3 Å². The zero-order valence-corrected chi connectivity index (χ0v) is 26.1. The number of phenols is 1. The number of hydrogen-bond acceptors (Lipinski definition) is 5. The molecule has 1 aromatic heterocycles. The number of fused-ring (bicyclic) bond motifs is 1. The summed E-state index contributed by atoms with van der Waals surface area (Å²) >= 11 is 0. The van der Waals surface area contributed by atoms with E-state index in [-0.39, 0.29) is 50.0 Å². The van der Waals surface area contributed by atoms with Crippen LogP contribution in [0.4, 0.5) is 0 Å². The van der Waals surface area contributed by atoms with E-state index in [1.54, 1.807) is 6.07 Å². The van der Waals surface area contributed by atoms with Crippen LogP contribution in [0.2, 0.25) is 0 Å². The number of aryl methyl sites for hydroxylation is 1. The number of phenolic OH excluding ortho intramolecular Hbond substituents is 1. The molecule has 2 aliphatic rings. The minimum atomic E-state index is -0.362. The van der Waals surface area contributed by atoms with Crippen molar-refractivity contribution in [2.24, 2.45) is 0 Å². The van der Waals surface area contributed by atoms with Crippen LogP contribution in [0.25, 0.3) is 22.1 Å². The fourth-order valence-electron chi connectivity index (χ4n) is 6.40. The molecular formula is C34H36NO4Y-. The summed E-state index contributed by atoms with van der Waals surface area (Å²) in [6.07, 6.45) is 7.39. The van der Waals surface area contributed by atoms with Crippen molar-refractivity contribution in [3.8, 4) is 22.6 Å². The van der Waals surface area contributed by atoms with Crippen LogP contribution in [0.5, 0.6) is 11.5 Å². The molecule has 205 valence electrons. The van der Waals surface area contributed by atoms with Gasteiger partial charge in [-0.2, -0.15) is 29.8 Å². The van der Waals surface area contributed by atoms with Crippen LogP contribution in [0.15, 0.2) is 63.8 Å². The first-order chi connectivity index (χ1) is 19.1. The molecule has 1 radical (unpaired) electrons. The van der Waals surface area contributed by atoms with Gasteiger partial charge < -0.3 is 14.3 Å². The number of hydrogen-bond donors (Lipinski definition) is 1. The molecule has 0 amide bonds. The Morgan fingerprint density at radius 2 is 1.77 bits per heavy atom. The van der Waals surface area contributed by atoms with Crippen molar-refractivity contribution in [2.45, 2.75) is 57.8 Å². The van der Waals surface area contributed by atoms with Gasteiger partial charge in [-0.15, -0.1) is 5.56 Å². The van der Waals surface area contributed by atoms with Crippen molar-refractivity contribution in [1.29, 1.82) is 0 Å². The molecule has 0 spiro atoms. The smallest absolute Gasteiger partial charge is 0.342 e. The third kappa shape index (κ3) is 6.07. The van der Waals surface area contributed by atoms with Crippen LogP contribution in [-0.2, 0) is 39.1 Å². The van der Waals surface area contributed by atoms with Gasteiger partial charge in [-0.1, -0.05) is 31.9 Å². The van der Waals surface area contributed by atoms with Crippen LogP contribution >= 0.6 is 0 Å². The maximum Gasteiger partial charge on any atom is 0.342 e. The quantitative estimate of drug-likeness (QED) is 0.172. The zero-order valence-electron chi connectivity index (χ0n) is 23.2. The fraction of sp³-hybridized carbons (Fsp3) is 0.382. The molecule has 6 rings (SSSR count). The van der Waals surface area contributed by atoms with Gasteiger partial charge >= 0.3 is 5.63 Å². The van der Waals surface area contributed by atoms with E-state index in [9.17, 15) is 9.90 Å². The summed E-state index contributed by atoms with van der Waals surface area (Å²) in [6, 6.07) is 20.7. The predicted octanol–water partition coefficient (Wildman–Crippen LogP) is 6.99. The molecule has 0 bridgehead atoms. The molecule has 1 saturated heterocycles. The van der Waals surface area contributed by atoms with E-state index in [0.717, 1.165) is 71.2 Å². The molecule has 4 aromatic rings. The first kappa shape index (κ1) is 29.0.